The number of pyridine rings is 1. The van der Waals surface area contributed by atoms with Crippen LogP contribution in [0.15, 0.2) is 30.3 Å². The summed E-state index contributed by atoms with van der Waals surface area (Å²) in [6.45, 7) is 3.87. The number of ether oxygens (including phenoxy) is 1. The number of halogens is 1. The van der Waals surface area contributed by atoms with E-state index in [0.29, 0.717) is 24.2 Å². The van der Waals surface area contributed by atoms with Gasteiger partial charge in [0.1, 0.15) is 23.6 Å². The average molecular weight is 259 g/mol. The molecule has 0 aliphatic heterocycles. The number of carbonyl (C=O) groups is 1. The highest BCUT2D eigenvalue weighted by molar-refractivity contribution is 5.75. The minimum atomic E-state index is -0.502. The Kier molecular flexibility index (Phi) is 3.90. The van der Waals surface area contributed by atoms with Gasteiger partial charge in [-0.05, 0) is 37.6 Å². The van der Waals surface area contributed by atoms with E-state index in [2.05, 4.69) is 4.98 Å². The molecule has 1 aromatic heterocycles. The van der Waals surface area contributed by atoms with Gasteiger partial charge in [-0.2, -0.15) is 0 Å². The topological polar surface area (TPSA) is 39.2 Å². The van der Waals surface area contributed by atoms with Gasteiger partial charge in [-0.3, -0.25) is 9.78 Å². The van der Waals surface area contributed by atoms with Crippen molar-refractivity contribution >= 4 is 6.29 Å². The van der Waals surface area contributed by atoms with Gasteiger partial charge in [-0.25, -0.2) is 4.39 Å². The number of aldehydes is 1. The molecule has 0 aliphatic rings. The molecule has 0 N–H and O–H groups in total. The molecule has 19 heavy (non-hydrogen) atoms. The van der Waals surface area contributed by atoms with Crippen LogP contribution in [0.3, 0.4) is 0 Å². The summed E-state index contributed by atoms with van der Waals surface area (Å²) in [5.74, 6) is 0.371. The molecule has 2 rings (SSSR count). The Bertz CT molecular complexity index is 611. The lowest BCUT2D eigenvalue weighted by molar-refractivity contribution is 0.112. The average Bonchev–Trinajstić information content (AvgIpc) is 2.40. The predicted octanol–water partition coefficient (Wildman–Crippen LogP) is 3.70. The van der Waals surface area contributed by atoms with Crippen molar-refractivity contribution in [2.75, 3.05) is 0 Å². The van der Waals surface area contributed by atoms with Gasteiger partial charge in [0.15, 0.2) is 0 Å². The first-order chi connectivity index (χ1) is 9.12. The Morgan fingerprint density at radius 1 is 1.32 bits per heavy atom. The van der Waals surface area contributed by atoms with E-state index >= 15 is 0 Å². The molecule has 98 valence electrons. The second-order valence-corrected chi connectivity index (χ2v) is 4.19. The van der Waals surface area contributed by atoms with Crippen LogP contribution in [0, 0.1) is 12.7 Å². The lowest BCUT2D eigenvalue weighted by atomic mass is 10.2. The molecule has 0 unspecified atom stereocenters. The summed E-state index contributed by atoms with van der Waals surface area (Å²) in [5, 5.41) is 0. The highest BCUT2D eigenvalue weighted by Gasteiger charge is 2.07. The number of aromatic nitrogens is 1. The van der Waals surface area contributed by atoms with Crippen molar-refractivity contribution in [3.8, 4) is 11.5 Å². The highest BCUT2D eigenvalue weighted by Crippen LogP contribution is 2.26. The van der Waals surface area contributed by atoms with E-state index in [9.17, 15) is 9.18 Å². The number of rotatable bonds is 4. The fourth-order valence-electron chi connectivity index (χ4n) is 1.78. The summed E-state index contributed by atoms with van der Waals surface area (Å²) in [6, 6.07) is 7.52. The Balaban J connectivity index is 2.35. The van der Waals surface area contributed by atoms with Gasteiger partial charge in [0.05, 0.1) is 5.69 Å². The van der Waals surface area contributed by atoms with Crippen molar-refractivity contribution in [1.82, 2.24) is 4.98 Å². The zero-order chi connectivity index (χ0) is 13.8. The maximum atomic E-state index is 13.3. The van der Waals surface area contributed by atoms with Gasteiger partial charge in [0.2, 0.25) is 0 Å². The van der Waals surface area contributed by atoms with E-state index in [1.54, 1.807) is 6.07 Å². The normalized spacial score (nSPS) is 10.3. The van der Waals surface area contributed by atoms with Crippen LogP contribution >= 0.6 is 0 Å². The molecule has 0 amide bonds. The largest absolute Gasteiger partial charge is 0.455 e. The maximum Gasteiger partial charge on any atom is 0.150 e. The molecule has 0 saturated heterocycles. The Hall–Kier alpha value is -2.23. The molecule has 3 nitrogen and oxygen atoms in total. The summed E-state index contributed by atoms with van der Waals surface area (Å²) < 4.78 is 18.9. The molecule has 0 radical (unpaired) electrons. The predicted molar refractivity (Wildman–Crippen MR) is 70.2 cm³/mol. The molecular weight excluding hydrogens is 245 g/mol. The minimum absolute atomic E-state index is 0.244. The standard InChI is InChI=1S/C15H14FNO2/c1-3-14-15(5-4-10(2)17-14)19-13-7-11(9-18)6-12(16)8-13/h4-9H,3H2,1-2H3. The summed E-state index contributed by atoms with van der Waals surface area (Å²) >= 11 is 0. The van der Waals surface area contributed by atoms with Gasteiger partial charge < -0.3 is 4.74 Å². The lowest BCUT2D eigenvalue weighted by Gasteiger charge is -2.10. The molecule has 0 aliphatic carbocycles. The maximum absolute atomic E-state index is 13.3. The molecule has 4 heteroatoms. The van der Waals surface area contributed by atoms with E-state index in [-0.39, 0.29) is 5.56 Å². The van der Waals surface area contributed by atoms with Gasteiger partial charge >= 0.3 is 0 Å². The van der Waals surface area contributed by atoms with Gasteiger partial charge in [0.25, 0.3) is 0 Å². The number of benzene rings is 1. The highest BCUT2D eigenvalue weighted by atomic mass is 19.1. The van der Waals surface area contributed by atoms with Crippen molar-refractivity contribution in [2.45, 2.75) is 20.3 Å². The third-order valence-electron chi connectivity index (χ3n) is 2.66. The van der Waals surface area contributed by atoms with Crippen LogP contribution in [-0.2, 0) is 6.42 Å². The quantitative estimate of drug-likeness (QED) is 0.786. The first-order valence-electron chi connectivity index (χ1n) is 6.02. The molecule has 0 spiro atoms. The van der Waals surface area contributed by atoms with Crippen molar-refractivity contribution in [3.63, 3.8) is 0 Å². The fraction of sp³-hybridized carbons (Fsp3) is 0.200. The second-order valence-electron chi connectivity index (χ2n) is 4.19. The van der Waals surface area contributed by atoms with E-state index in [1.807, 2.05) is 19.9 Å². The summed E-state index contributed by atoms with van der Waals surface area (Å²) in [4.78, 5) is 15.1. The zero-order valence-corrected chi connectivity index (χ0v) is 10.8. The molecular formula is C15H14FNO2. The lowest BCUT2D eigenvalue weighted by Crippen LogP contribution is -1.96. The number of hydrogen-bond acceptors (Lipinski definition) is 3. The molecule has 0 saturated carbocycles. The van der Waals surface area contributed by atoms with E-state index in [0.717, 1.165) is 17.5 Å². The summed E-state index contributed by atoms with van der Waals surface area (Å²) in [5.41, 5.74) is 1.95. The number of carbonyl (C=O) groups excluding carboxylic acids is 1. The molecule has 0 bridgehead atoms. The van der Waals surface area contributed by atoms with Crippen LogP contribution in [0.4, 0.5) is 4.39 Å². The Morgan fingerprint density at radius 3 is 2.79 bits per heavy atom. The summed E-state index contributed by atoms with van der Waals surface area (Å²) in [6.07, 6.45) is 1.30. The monoisotopic (exact) mass is 259 g/mol. The van der Waals surface area contributed by atoms with E-state index < -0.39 is 5.82 Å². The van der Waals surface area contributed by atoms with Crippen molar-refractivity contribution in [3.05, 3.63) is 53.1 Å². The first-order valence-corrected chi connectivity index (χ1v) is 6.02. The van der Waals surface area contributed by atoms with E-state index in [4.69, 9.17) is 4.74 Å². The van der Waals surface area contributed by atoms with Crippen molar-refractivity contribution in [1.29, 1.82) is 0 Å². The Morgan fingerprint density at radius 2 is 2.11 bits per heavy atom. The fourth-order valence-corrected chi connectivity index (χ4v) is 1.78. The number of aryl methyl sites for hydroxylation is 2. The van der Waals surface area contributed by atoms with Crippen LogP contribution in [-0.4, -0.2) is 11.3 Å². The van der Waals surface area contributed by atoms with Gasteiger partial charge in [-0.15, -0.1) is 0 Å². The molecule has 0 atom stereocenters. The van der Waals surface area contributed by atoms with Gasteiger partial charge in [-0.1, -0.05) is 6.92 Å². The SMILES string of the molecule is CCc1nc(C)ccc1Oc1cc(F)cc(C=O)c1. The third-order valence-corrected chi connectivity index (χ3v) is 2.66. The van der Waals surface area contributed by atoms with E-state index in [1.165, 1.54) is 12.1 Å². The van der Waals surface area contributed by atoms with Gasteiger partial charge in [0, 0.05) is 17.3 Å². The number of nitrogens with zero attached hydrogens (tertiary/aromatic N) is 1. The van der Waals surface area contributed by atoms with Crippen LogP contribution in [0.1, 0.15) is 28.7 Å². The number of hydrogen-bond donors (Lipinski definition) is 0. The summed E-state index contributed by atoms with van der Waals surface area (Å²) in [7, 11) is 0. The molecule has 1 heterocycles. The molecule has 0 fully saturated rings. The van der Waals surface area contributed by atoms with Crippen molar-refractivity contribution in [2.24, 2.45) is 0 Å². The zero-order valence-electron chi connectivity index (χ0n) is 10.8. The van der Waals surface area contributed by atoms with Crippen LogP contribution in [0.25, 0.3) is 0 Å². The van der Waals surface area contributed by atoms with Crippen LogP contribution in [0.5, 0.6) is 11.5 Å². The molecule has 1 aromatic carbocycles. The molecule has 2 aromatic rings. The van der Waals surface area contributed by atoms with Crippen LogP contribution < -0.4 is 4.74 Å². The minimum Gasteiger partial charge on any atom is -0.455 e. The smallest absolute Gasteiger partial charge is 0.150 e. The Labute approximate surface area is 111 Å². The first kappa shape index (κ1) is 13.2. The van der Waals surface area contributed by atoms with Crippen LogP contribution in [0.2, 0.25) is 0 Å². The second kappa shape index (κ2) is 5.61. The third kappa shape index (κ3) is 3.16. The van der Waals surface area contributed by atoms with Crippen molar-refractivity contribution < 1.29 is 13.9 Å².